The first-order chi connectivity index (χ1) is 12.8. The largest absolute Gasteiger partial charge is 0.352 e. The molecule has 148 valence electrons. The van der Waals surface area contributed by atoms with Crippen LogP contribution in [0.4, 0.5) is 4.39 Å². The van der Waals surface area contributed by atoms with Gasteiger partial charge in [0.1, 0.15) is 11.9 Å². The van der Waals surface area contributed by atoms with Crippen molar-refractivity contribution in [2.75, 3.05) is 13.1 Å². The highest BCUT2D eigenvalue weighted by Crippen LogP contribution is 2.24. The minimum absolute atomic E-state index is 0.00198. The summed E-state index contributed by atoms with van der Waals surface area (Å²) in [4.78, 5) is 24.5. The van der Waals surface area contributed by atoms with E-state index in [1.807, 2.05) is 0 Å². The third-order valence-electron chi connectivity index (χ3n) is 4.88. The summed E-state index contributed by atoms with van der Waals surface area (Å²) in [6, 6.07) is 4.18. The van der Waals surface area contributed by atoms with Crippen LogP contribution in [0.25, 0.3) is 0 Å². The summed E-state index contributed by atoms with van der Waals surface area (Å²) in [5.74, 6) is -1.58. The molecule has 2 aliphatic rings. The van der Waals surface area contributed by atoms with E-state index in [-0.39, 0.29) is 29.3 Å². The van der Waals surface area contributed by atoms with Crippen molar-refractivity contribution in [1.82, 2.24) is 14.9 Å². The lowest BCUT2D eigenvalue weighted by Crippen LogP contribution is -2.50. The molecule has 1 saturated carbocycles. The molecule has 0 bridgehead atoms. The second-order valence-electron chi connectivity index (χ2n) is 7.17. The van der Waals surface area contributed by atoms with Crippen LogP contribution in [0.15, 0.2) is 29.2 Å². The van der Waals surface area contributed by atoms with Crippen LogP contribution in [0.1, 0.15) is 32.6 Å². The van der Waals surface area contributed by atoms with Crippen molar-refractivity contribution in [2.45, 2.75) is 49.6 Å². The van der Waals surface area contributed by atoms with Gasteiger partial charge in [-0.15, -0.1) is 0 Å². The van der Waals surface area contributed by atoms with Crippen LogP contribution in [-0.4, -0.2) is 49.7 Å². The van der Waals surface area contributed by atoms with Crippen LogP contribution in [0.3, 0.4) is 0 Å². The van der Waals surface area contributed by atoms with Gasteiger partial charge < -0.3 is 10.6 Å². The lowest BCUT2D eigenvalue weighted by Gasteiger charge is -2.31. The standard InChI is InChI=1S/C18H24FN3O4S/c1-12(17(23)21-15-6-7-15)20-18(24)13-3-2-10-22(11-13)27(25,26)16-8-4-14(19)5-9-16/h4-5,8-9,12-13,15H,2-3,6-7,10-11H2,1H3,(H,20,24)(H,21,23)/t12-,13-/m0/s1. The Kier molecular flexibility index (Phi) is 5.81. The fraction of sp³-hybridized carbons (Fsp3) is 0.556. The number of benzene rings is 1. The fourth-order valence-corrected chi connectivity index (χ4v) is 4.60. The highest BCUT2D eigenvalue weighted by atomic mass is 32.2. The number of rotatable bonds is 6. The predicted molar refractivity (Wildman–Crippen MR) is 96.7 cm³/mol. The van der Waals surface area contributed by atoms with Crippen molar-refractivity contribution < 1.29 is 22.4 Å². The van der Waals surface area contributed by atoms with Crippen LogP contribution in [0.5, 0.6) is 0 Å². The normalized spacial score (nSPS) is 22.1. The fourth-order valence-electron chi connectivity index (χ4n) is 3.08. The summed E-state index contributed by atoms with van der Waals surface area (Å²) >= 11 is 0. The monoisotopic (exact) mass is 397 g/mol. The minimum Gasteiger partial charge on any atom is -0.352 e. The first-order valence-corrected chi connectivity index (χ1v) is 10.6. The van der Waals surface area contributed by atoms with Crippen molar-refractivity contribution >= 4 is 21.8 Å². The van der Waals surface area contributed by atoms with Crippen molar-refractivity contribution in [1.29, 1.82) is 0 Å². The van der Waals surface area contributed by atoms with Crippen LogP contribution in [0.2, 0.25) is 0 Å². The third-order valence-corrected chi connectivity index (χ3v) is 6.76. The molecule has 2 fully saturated rings. The highest BCUT2D eigenvalue weighted by Gasteiger charge is 2.34. The second-order valence-corrected chi connectivity index (χ2v) is 9.11. The van der Waals surface area contributed by atoms with Gasteiger partial charge in [0.2, 0.25) is 21.8 Å². The quantitative estimate of drug-likeness (QED) is 0.749. The summed E-state index contributed by atoms with van der Waals surface area (Å²) in [5, 5.41) is 5.51. The Hall–Kier alpha value is -2.00. The average molecular weight is 397 g/mol. The van der Waals surface area contributed by atoms with Gasteiger partial charge >= 0.3 is 0 Å². The molecule has 0 radical (unpaired) electrons. The molecule has 2 amide bonds. The molecule has 27 heavy (non-hydrogen) atoms. The van der Waals surface area contributed by atoms with Gasteiger partial charge in [-0.25, -0.2) is 12.8 Å². The Labute approximate surface area is 158 Å². The number of halogens is 1. The van der Waals surface area contributed by atoms with Gasteiger partial charge in [-0.2, -0.15) is 4.31 Å². The molecule has 0 aromatic heterocycles. The van der Waals surface area contributed by atoms with E-state index in [0.29, 0.717) is 19.4 Å². The number of nitrogens with one attached hydrogen (secondary N) is 2. The smallest absolute Gasteiger partial charge is 0.243 e. The number of carbonyl (C=O) groups excluding carboxylic acids is 2. The lowest BCUT2D eigenvalue weighted by molar-refractivity contribution is -0.131. The summed E-state index contributed by atoms with van der Waals surface area (Å²) in [7, 11) is -3.79. The number of hydrogen-bond acceptors (Lipinski definition) is 4. The number of sulfonamides is 1. The van der Waals surface area contributed by atoms with Gasteiger partial charge in [0.05, 0.1) is 10.8 Å². The van der Waals surface area contributed by atoms with Gasteiger partial charge in [0.25, 0.3) is 0 Å². The lowest BCUT2D eigenvalue weighted by atomic mass is 9.98. The number of piperidine rings is 1. The Morgan fingerprint density at radius 3 is 2.48 bits per heavy atom. The van der Waals surface area contributed by atoms with E-state index < -0.39 is 27.8 Å². The minimum atomic E-state index is -3.79. The van der Waals surface area contributed by atoms with E-state index in [0.717, 1.165) is 25.0 Å². The van der Waals surface area contributed by atoms with Gasteiger partial charge in [-0.1, -0.05) is 0 Å². The maximum absolute atomic E-state index is 13.1. The predicted octanol–water partition coefficient (Wildman–Crippen LogP) is 1.01. The van der Waals surface area contributed by atoms with Crippen molar-refractivity contribution in [3.05, 3.63) is 30.1 Å². The number of amides is 2. The zero-order valence-electron chi connectivity index (χ0n) is 15.2. The van der Waals surface area contributed by atoms with Crippen LogP contribution < -0.4 is 10.6 Å². The molecular formula is C18H24FN3O4S. The van der Waals surface area contributed by atoms with E-state index in [9.17, 15) is 22.4 Å². The van der Waals surface area contributed by atoms with Crippen molar-refractivity contribution in [3.63, 3.8) is 0 Å². The Morgan fingerprint density at radius 2 is 1.85 bits per heavy atom. The maximum Gasteiger partial charge on any atom is 0.243 e. The zero-order chi connectivity index (χ0) is 19.6. The Morgan fingerprint density at radius 1 is 1.19 bits per heavy atom. The molecule has 1 heterocycles. The molecule has 1 saturated heterocycles. The van der Waals surface area contributed by atoms with Crippen LogP contribution in [0, 0.1) is 11.7 Å². The van der Waals surface area contributed by atoms with Crippen LogP contribution in [-0.2, 0) is 19.6 Å². The van der Waals surface area contributed by atoms with E-state index in [1.165, 1.54) is 16.4 Å². The van der Waals surface area contributed by atoms with Gasteiger partial charge in [-0.3, -0.25) is 9.59 Å². The number of hydrogen-bond donors (Lipinski definition) is 2. The molecule has 3 rings (SSSR count). The van der Waals surface area contributed by atoms with E-state index in [2.05, 4.69) is 10.6 Å². The SMILES string of the molecule is C[C@H](NC(=O)[C@H]1CCCN(S(=O)(=O)c2ccc(F)cc2)C1)C(=O)NC1CC1. The number of carbonyl (C=O) groups is 2. The zero-order valence-corrected chi connectivity index (χ0v) is 16.0. The highest BCUT2D eigenvalue weighted by molar-refractivity contribution is 7.89. The number of nitrogens with zero attached hydrogens (tertiary/aromatic N) is 1. The molecule has 2 N–H and O–H groups in total. The van der Waals surface area contributed by atoms with E-state index >= 15 is 0 Å². The van der Waals surface area contributed by atoms with Gasteiger partial charge in [0.15, 0.2) is 0 Å². The molecule has 1 aromatic rings. The van der Waals surface area contributed by atoms with E-state index in [1.54, 1.807) is 6.92 Å². The Balaban J connectivity index is 1.61. The second kappa shape index (κ2) is 7.93. The molecule has 1 aliphatic carbocycles. The summed E-state index contributed by atoms with van der Waals surface area (Å²) < 4.78 is 39.8. The molecule has 1 aromatic carbocycles. The molecule has 1 aliphatic heterocycles. The first kappa shape index (κ1) is 19.8. The van der Waals surface area contributed by atoms with E-state index in [4.69, 9.17) is 0 Å². The summed E-state index contributed by atoms with van der Waals surface area (Å²) in [6.07, 6.45) is 3.02. The summed E-state index contributed by atoms with van der Waals surface area (Å²) in [5.41, 5.74) is 0. The molecule has 2 atom stereocenters. The van der Waals surface area contributed by atoms with Crippen molar-refractivity contribution in [2.24, 2.45) is 5.92 Å². The van der Waals surface area contributed by atoms with Gasteiger partial charge in [0, 0.05) is 19.1 Å². The maximum atomic E-state index is 13.1. The van der Waals surface area contributed by atoms with Crippen molar-refractivity contribution in [3.8, 4) is 0 Å². The molecular weight excluding hydrogens is 373 g/mol. The average Bonchev–Trinajstić information content (AvgIpc) is 3.46. The topological polar surface area (TPSA) is 95.6 Å². The molecule has 9 heteroatoms. The molecule has 0 unspecified atom stereocenters. The summed E-state index contributed by atoms with van der Waals surface area (Å²) in [6.45, 7) is 1.97. The molecule has 7 nitrogen and oxygen atoms in total. The first-order valence-electron chi connectivity index (χ1n) is 9.14. The van der Waals surface area contributed by atoms with Crippen LogP contribution >= 0.6 is 0 Å². The third kappa shape index (κ3) is 4.84. The molecule has 0 spiro atoms. The van der Waals surface area contributed by atoms with Gasteiger partial charge in [-0.05, 0) is 56.9 Å². The Bertz CT molecular complexity index is 808.